The molecule has 8 heteroatoms. The lowest BCUT2D eigenvalue weighted by atomic mass is 10.1. The molecule has 2 aromatic rings. The number of amides is 2. The Balaban J connectivity index is 1.45. The van der Waals surface area contributed by atoms with Crippen LogP contribution in [0.3, 0.4) is 0 Å². The van der Waals surface area contributed by atoms with Gasteiger partial charge in [0.25, 0.3) is 11.8 Å². The number of rotatable bonds is 7. The van der Waals surface area contributed by atoms with Crippen molar-refractivity contribution >= 4 is 23.3 Å². The predicted octanol–water partition coefficient (Wildman–Crippen LogP) is 3.53. The molecule has 174 valence electrons. The van der Waals surface area contributed by atoms with Crippen LogP contribution in [0, 0.1) is 0 Å². The first kappa shape index (κ1) is 22.6. The number of carbonyl (C=O) groups excluding carboxylic acids is 2. The number of amidine groups is 1. The molecule has 8 nitrogen and oxygen atoms in total. The minimum Gasteiger partial charge on any atom is -0.493 e. The second kappa shape index (κ2) is 9.94. The Labute approximate surface area is 193 Å². The van der Waals surface area contributed by atoms with E-state index in [1.807, 2.05) is 43.3 Å². The molecule has 2 aromatic carbocycles. The molecule has 4 rings (SSSR count). The molecule has 2 unspecified atom stereocenters. The fourth-order valence-electron chi connectivity index (χ4n) is 4.09. The molecule has 1 fully saturated rings. The highest BCUT2D eigenvalue weighted by molar-refractivity contribution is 6.39. The van der Waals surface area contributed by atoms with Crippen LogP contribution in [0.2, 0.25) is 0 Å². The molecule has 1 aliphatic carbocycles. The van der Waals surface area contributed by atoms with Gasteiger partial charge in [-0.05, 0) is 69.4 Å². The van der Waals surface area contributed by atoms with Crippen molar-refractivity contribution in [2.75, 3.05) is 12.1 Å². The van der Waals surface area contributed by atoms with Gasteiger partial charge in [-0.15, -0.1) is 0 Å². The molecule has 0 aromatic heterocycles. The average Bonchev–Trinajstić information content (AvgIpc) is 3.34. The maximum Gasteiger partial charge on any atom is 0.288 e. The zero-order valence-electron chi connectivity index (χ0n) is 19.2. The third kappa shape index (κ3) is 5.10. The molecule has 0 bridgehead atoms. The van der Waals surface area contributed by atoms with Crippen molar-refractivity contribution in [1.82, 2.24) is 10.7 Å². The van der Waals surface area contributed by atoms with Crippen molar-refractivity contribution in [3.05, 3.63) is 54.1 Å². The van der Waals surface area contributed by atoms with Gasteiger partial charge in [-0.2, -0.15) is 0 Å². The molecule has 0 saturated heterocycles. The van der Waals surface area contributed by atoms with Crippen LogP contribution >= 0.6 is 0 Å². The maximum absolute atomic E-state index is 13.0. The first-order valence-corrected chi connectivity index (χ1v) is 11.3. The lowest BCUT2D eigenvalue weighted by Crippen LogP contribution is -2.58. The van der Waals surface area contributed by atoms with Gasteiger partial charge < -0.3 is 14.8 Å². The van der Waals surface area contributed by atoms with Gasteiger partial charge in [-0.3, -0.25) is 15.0 Å². The Bertz CT molecular complexity index is 1030. The topological polar surface area (TPSA) is 92.3 Å². The molecule has 33 heavy (non-hydrogen) atoms. The summed E-state index contributed by atoms with van der Waals surface area (Å²) in [5.74, 6) is 0.825. The summed E-state index contributed by atoms with van der Waals surface area (Å²) >= 11 is 0. The summed E-state index contributed by atoms with van der Waals surface area (Å²) in [5.41, 5.74) is 4.37. The van der Waals surface area contributed by atoms with Crippen molar-refractivity contribution in [1.29, 1.82) is 0 Å². The maximum atomic E-state index is 13.0. The molecule has 2 atom stereocenters. The highest BCUT2D eigenvalue weighted by atomic mass is 16.5. The highest BCUT2D eigenvalue weighted by Gasteiger charge is 2.31. The lowest BCUT2D eigenvalue weighted by Gasteiger charge is -2.31. The number of hydrogen-bond donors (Lipinski definition) is 2. The Morgan fingerprint density at radius 3 is 2.58 bits per heavy atom. The van der Waals surface area contributed by atoms with Crippen LogP contribution in [0.5, 0.6) is 11.5 Å². The quantitative estimate of drug-likeness (QED) is 0.673. The Morgan fingerprint density at radius 2 is 1.88 bits per heavy atom. The molecule has 0 radical (unpaired) electrons. The van der Waals surface area contributed by atoms with Crippen molar-refractivity contribution in [2.24, 2.45) is 4.99 Å². The van der Waals surface area contributed by atoms with E-state index in [0.29, 0.717) is 11.4 Å². The summed E-state index contributed by atoms with van der Waals surface area (Å²) < 4.78 is 11.6. The molecule has 1 aliphatic heterocycles. The van der Waals surface area contributed by atoms with Crippen LogP contribution in [-0.4, -0.2) is 36.9 Å². The SMILES string of the molecule is COc1cc(C(C)NC(=O)C2=NC(C)C(=O)N(c3ccccc3)N2)ccc1OC1CCCC1. The monoisotopic (exact) mass is 450 g/mol. The van der Waals surface area contributed by atoms with Gasteiger partial charge in [0.1, 0.15) is 6.04 Å². The molecule has 2 amide bonds. The zero-order valence-corrected chi connectivity index (χ0v) is 19.2. The number of nitrogens with zero attached hydrogens (tertiary/aromatic N) is 2. The van der Waals surface area contributed by atoms with Crippen LogP contribution in [-0.2, 0) is 9.59 Å². The predicted molar refractivity (Wildman–Crippen MR) is 126 cm³/mol. The fourth-order valence-corrected chi connectivity index (χ4v) is 4.09. The molecular weight excluding hydrogens is 420 g/mol. The summed E-state index contributed by atoms with van der Waals surface area (Å²) in [6.45, 7) is 3.56. The smallest absolute Gasteiger partial charge is 0.288 e. The standard InChI is InChI=1S/C25H30N4O4/c1-16(18-13-14-21(22(15-18)32-3)33-20-11-7-8-12-20)27-24(30)23-26-17(2)25(31)29(28-23)19-9-5-4-6-10-19/h4-6,9-10,13-17,20H,7-8,11-12H2,1-3H3,(H,26,28)(H,27,30). The summed E-state index contributed by atoms with van der Waals surface area (Å²) in [6.07, 6.45) is 4.74. The summed E-state index contributed by atoms with van der Waals surface area (Å²) in [5, 5.41) is 4.31. The van der Waals surface area contributed by atoms with E-state index in [9.17, 15) is 9.59 Å². The van der Waals surface area contributed by atoms with Crippen LogP contribution in [0.25, 0.3) is 0 Å². The number of ether oxygens (including phenoxy) is 2. The van der Waals surface area contributed by atoms with E-state index in [2.05, 4.69) is 15.7 Å². The molecule has 2 aliphatic rings. The Kier molecular flexibility index (Phi) is 6.82. The minimum atomic E-state index is -0.672. The normalized spacial score (nSPS) is 19.5. The van der Waals surface area contributed by atoms with Gasteiger partial charge >= 0.3 is 0 Å². The lowest BCUT2D eigenvalue weighted by molar-refractivity contribution is -0.120. The first-order chi connectivity index (χ1) is 16.0. The van der Waals surface area contributed by atoms with E-state index in [-0.39, 0.29) is 23.9 Å². The minimum absolute atomic E-state index is 0.0888. The summed E-state index contributed by atoms with van der Waals surface area (Å²) in [7, 11) is 1.61. The molecule has 1 heterocycles. The summed E-state index contributed by atoms with van der Waals surface area (Å²) in [6, 6.07) is 13.8. The van der Waals surface area contributed by atoms with E-state index in [4.69, 9.17) is 9.47 Å². The van der Waals surface area contributed by atoms with Gasteiger partial charge in [0, 0.05) is 0 Å². The number of benzene rings is 2. The number of anilines is 1. The van der Waals surface area contributed by atoms with Crippen LogP contribution in [0.15, 0.2) is 53.5 Å². The largest absolute Gasteiger partial charge is 0.493 e. The number of para-hydroxylation sites is 1. The third-order valence-corrected chi connectivity index (χ3v) is 5.98. The van der Waals surface area contributed by atoms with E-state index in [0.717, 1.165) is 24.2 Å². The van der Waals surface area contributed by atoms with Crippen molar-refractivity contribution in [3.63, 3.8) is 0 Å². The second-order valence-corrected chi connectivity index (χ2v) is 8.40. The number of aliphatic imine (C=N–C) groups is 1. The fraction of sp³-hybridized carbons (Fsp3) is 0.400. The van der Waals surface area contributed by atoms with Gasteiger partial charge in [0.15, 0.2) is 11.5 Å². The zero-order chi connectivity index (χ0) is 23.4. The number of hydrazine groups is 1. The number of carbonyl (C=O) groups is 2. The molecular formula is C25H30N4O4. The van der Waals surface area contributed by atoms with Gasteiger partial charge in [0.05, 0.1) is 24.9 Å². The van der Waals surface area contributed by atoms with Crippen LogP contribution in [0.4, 0.5) is 5.69 Å². The van der Waals surface area contributed by atoms with Crippen molar-refractivity contribution in [3.8, 4) is 11.5 Å². The van der Waals surface area contributed by atoms with E-state index in [1.165, 1.54) is 17.9 Å². The average molecular weight is 451 g/mol. The second-order valence-electron chi connectivity index (χ2n) is 8.40. The van der Waals surface area contributed by atoms with E-state index >= 15 is 0 Å². The Hall–Kier alpha value is -3.55. The van der Waals surface area contributed by atoms with Gasteiger partial charge in [-0.1, -0.05) is 24.3 Å². The van der Waals surface area contributed by atoms with Gasteiger partial charge in [0.2, 0.25) is 5.84 Å². The number of hydrogen-bond acceptors (Lipinski definition) is 6. The highest BCUT2D eigenvalue weighted by Crippen LogP contribution is 2.33. The van der Waals surface area contributed by atoms with Crippen molar-refractivity contribution < 1.29 is 19.1 Å². The molecule has 1 saturated carbocycles. The number of nitrogens with one attached hydrogen (secondary N) is 2. The van der Waals surface area contributed by atoms with Crippen LogP contribution < -0.4 is 25.2 Å². The number of methoxy groups -OCH3 is 1. The third-order valence-electron chi connectivity index (χ3n) is 5.98. The summed E-state index contributed by atoms with van der Waals surface area (Å²) in [4.78, 5) is 29.8. The van der Waals surface area contributed by atoms with E-state index in [1.54, 1.807) is 26.2 Å². The Morgan fingerprint density at radius 1 is 1.15 bits per heavy atom. The molecule has 2 N–H and O–H groups in total. The van der Waals surface area contributed by atoms with Gasteiger partial charge in [-0.25, -0.2) is 10.0 Å². The first-order valence-electron chi connectivity index (χ1n) is 11.3. The van der Waals surface area contributed by atoms with Crippen LogP contribution in [0.1, 0.15) is 51.1 Å². The van der Waals surface area contributed by atoms with E-state index < -0.39 is 11.9 Å². The molecule has 0 spiro atoms. The van der Waals surface area contributed by atoms with Crippen molar-refractivity contribution in [2.45, 2.75) is 57.7 Å².